The van der Waals surface area contributed by atoms with Crippen molar-refractivity contribution >= 4 is 21.8 Å². The zero-order chi connectivity index (χ0) is 22.9. The molecule has 0 atom stereocenters. The van der Waals surface area contributed by atoms with Crippen molar-refractivity contribution < 1.29 is 22.4 Å². The maximum atomic E-state index is 13.1. The van der Waals surface area contributed by atoms with Crippen molar-refractivity contribution in [2.45, 2.75) is 50.0 Å². The number of likely N-dealkylation sites (tertiary alicyclic amines) is 1. The molecule has 4 rings (SSSR count). The van der Waals surface area contributed by atoms with Gasteiger partial charge in [0.1, 0.15) is 16.3 Å². The first-order chi connectivity index (χ1) is 15.3. The van der Waals surface area contributed by atoms with Crippen molar-refractivity contribution in [1.29, 1.82) is 0 Å². The van der Waals surface area contributed by atoms with Crippen LogP contribution in [0.1, 0.15) is 58.9 Å². The van der Waals surface area contributed by atoms with Crippen LogP contribution in [-0.2, 0) is 17.1 Å². The van der Waals surface area contributed by atoms with E-state index >= 15 is 0 Å². The van der Waals surface area contributed by atoms with E-state index in [9.17, 15) is 18.0 Å². The van der Waals surface area contributed by atoms with Crippen LogP contribution >= 0.6 is 0 Å². The molecule has 2 fully saturated rings. The summed E-state index contributed by atoms with van der Waals surface area (Å²) in [7, 11) is -1.89. The molecular weight excluding hydrogens is 432 g/mol. The predicted molar refractivity (Wildman–Crippen MR) is 118 cm³/mol. The maximum absolute atomic E-state index is 13.1. The third kappa shape index (κ3) is 4.61. The van der Waals surface area contributed by atoms with E-state index in [4.69, 9.17) is 4.42 Å². The molecule has 2 aliphatic rings. The molecule has 0 spiro atoms. The molecule has 10 heteroatoms. The lowest BCUT2D eigenvalue weighted by molar-refractivity contribution is 0.0686. The first kappa shape index (κ1) is 22.6. The molecule has 2 aliphatic heterocycles. The summed E-state index contributed by atoms with van der Waals surface area (Å²) in [5.74, 6) is 0.518. The van der Waals surface area contributed by atoms with E-state index in [2.05, 4.69) is 5.32 Å². The summed E-state index contributed by atoms with van der Waals surface area (Å²) in [5, 5.41) is 2.96. The fourth-order valence-electron chi connectivity index (χ4n) is 4.34. The van der Waals surface area contributed by atoms with Gasteiger partial charge in [-0.3, -0.25) is 9.59 Å². The van der Waals surface area contributed by atoms with Crippen LogP contribution in [0.3, 0.4) is 0 Å². The summed E-state index contributed by atoms with van der Waals surface area (Å²) in [4.78, 5) is 27.3. The quantitative estimate of drug-likeness (QED) is 0.733. The lowest BCUT2D eigenvalue weighted by Crippen LogP contribution is -2.46. The van der Waals surface area contributed by atoms with Gasteiger partial charge in [-0.15, -0.1) is 0 Å². The Balaban J connectivity index is 1.37. The molecule has 2 aromatic heterocycles. The van der Waals surface area contributed by atoms with Gasteiger partial charge in [-0.2, -0.15) is 4.31 Å². The number of rotatable bonds is 5. The maximum Gasteiger partial charge on any atom is 0.287 e. The third-order valence-electron chi connectivity index (χ3n) is 6.23. The van der Waals surface area contributed by atoms with E-state index in [1.165, 1.54) is 16.6 Å². The van der Waals surface area contributed by atoms with E-state index < -0.39 is 10.0 Å². The molecule has 9 nitrogen and oxygen atoms in total. The molecule has 2 saturated heterocycles. The number of hydrogen-bond acceptors (Lipinski definition) is 5. The van der Waals surface area contributed by atoms with Gasteiger partial charge >= 0.3 is 0 Å². The number of piperidine rings is 2. The van der Waals surface area contributed by atoms with Crippen LogP contribution in [0.5, 0.6) is 0 Å². The molecule has 0 unspecified atom stereocenters. The smallest absolute Gasteiger partial charge is 0.287 e. The lowest BCUT2D eigenvalue weighted by atomic mass is 10.0. The first-order valence-corrected chi connectivity index (χ1v) is 12.5. The van der Waals surface area contributed by atoms with Crippen LogP contribution in [0.15, 0.2) is 33.7 Å². The van der Waals surface area contributed by atoms with E-state index in [1.807, 2.05) is 0 Å². The topological polar surface area (TPSA) is 105 Å². The number of aromatic nitrogens is 1. The molecule has 0 radical (unpaired) electrons. The van der Waals surface area contributed by atoms with Crippen molar-refractivity contribution in [3.8, 4) is 0 Å². The highest BCUT2D eigenvalue weighted by Crippen LogP contribution is 2.24. The van der Waals surface area contributed by atoms with Crippen LogP contribution in [0, 0.1) is 6.92 Å². The molecule has 0 aromatic carbocycles. The van der Waals surface area contributed by atoms with Crippen molar-refractivity contribution in [1.82, 2.24) is 19.1 Å². The van der Waals surface area contributed by atoms with Gasteiger partial charge in [-0.25, -0.2) is 8.42 Å². The summed E-state index contributed by atoms with van der Waals surface area (Å²) < 4.78 is 34.4. The van der Waals surface area contributed by atoms with Gasteiger partial charge in [0.05, 0.1) is 0 Å². The molecule has 4 heterocycles. The zero-order valence-electron chi connectivity index (χ0n) is 18.5. The van der Waals surface area contributed by atoms with Crippen molar-refractivity contribution in [3.05, 3.63) is 41.6 Å². The van der Waals surface area contributed by atoms with E-state index in [0.717, 1.165) is 19.3 Å². The van der Waals surface area contributed by atoms with Gasteiger partial charge in [-0.1, -0.05) is 6.42 Å². The fourth-order valence-corrected chi connectivity index (χ4v) is 5.93. The summed E-state index contributed by atoms with van der Waals surface area (Å²) in [6.07, 6.45) is 5.55. The number of nitrogens with zero attached hydrogens (tertiary/aromatic N) is 3. The minimum Gasteiger partial charge on any atom is -0.456 e. The Morgan fingerprint density at radius 3 is 2.38 bits per heavy atom. The number of sulfonamides is 1. The average Bonchev–Trinajstić information content (AvgIpc) is 3.40. The minimum atomic E-state index is -3.59. The Kier molecular flexibility index (Phi) is 6.43. The number of carbonyl (C=O) groups excluding carboxylic acids is 2. The summed E-state index contributed by atoms with van der Waals surface area (Å²) in [6.45, 7) is 3.81. The van der Waals surface area contributed by atoms with Crippen molar-refractivity contribution in [2.24, 2.45) is 7.05 Å². The minimum absolute atomic E-state index is 0.0413. The predicted octanol–water partition coefficient (Wildman–Crippen LogP) is 2.14. The summed E-state index contributed by atoms with van der Waals surface area (Å²) in [6, 6.07) is 4.84. The summed E-state index contributed by atoms with van der Waals surface area (Å²) in [5.41, 5.74) is 0.356. The normalized spacial score (nSPS) is 18.6. The third-order valence-corrected chi connectivity index (χ3v) is 8.10. The van der Waals surface area contributed by atoms with Crippen molar-refractivity contribution in [3.63, 3.8) is 0 Å². The number of aryl methyl sites for hydroxylation is 2. The van der Waals surface area contributed by atoms with E-state index in [1.54, 1.807) is 35.6 Å². The Bertz CT molecular complexity index is 1090. The first-order valence-electron chi connectivity index (χ1n) is 11.1. The number of carbonyl (C=O) groups is 2. The highest BCUT2D eigenvalue weighted by Gasteiger charge is 2.31. The van der Waals surface area contributed by atoms with Gasteiger partial charge < -0.3 is 19.2 Å². The van der Waals surface area contributed by atoms with E-state index in [-0.39, 0.29) is 28.5 Å². The monoisotopic (exact) mass is 462 g/mol. The standard InChI is InChI=1S/C22H30N4O5S/c1-16-6-7-20(31-16)21(27)23-17-8-12-25(13-9-17)22(28)19-14-18(15-24(19)2)32(29,30)26-10-4-3-5-11-26/h6-7,14-15,17H,3-5,8-13H2,1-2H3,(H,23,27). The average molecular weight is 463 g/mol. The molecule has 2 aromatic rings. The van der Waals surface area contributed by atoms with Crippen molar-refractivity contribution in [2.75, 3.05) is 26.2 Å². The van der Waals surface area contributed by atoms with Gasteiger partial charge in [0, 0.05) is 45.5 Å². The zero-order valence-corrected chi connectivity index (χ0v) is 19.4. The second-order valence-electron chi connectivity index (χ2n) is 8.59. The number of furan rings is 1. The van der Waals surface area contributed by atoms with Crippen LogP contribution in [0.2, 0.25) is 0 Å². The molecule has 174 valence electrons. The molecule has 0 saturated carbocycles. The molecule has 0 bridgehead atoms. The van der Waals surface area contributed by atoms with Crippen LogP contribution in [-0.4, -0.2) is 66.2 Å². The van der Waals surface area contributed by atoms with Crippen LogP contribution in [0.4, 0.5) is 0 Å². The second-order valence-corrected chi connectivity index (χ2v) is 10.5. The number of nitrogens with one attached hydrogen (secondary N) is 1. The van der Waals surface area contributed by atoms with Gasteiger partial charge in [0.25, 0.3) is 11.8 Å². The van der Waals surface area contributed by atoms with Crippen LogP contribution < -0.4 is 5.32 Å². The van der Waals surface area contributed by atoms with Crippen LogP contribution in [0.25, 0.3) is 0 Å². The van der Waals surface area contributed by atoms with Gasteiger partial charge in [0.15, 0.2) is 5.76 Å². The summed E-state index contributed by atoms with van der Waals surface area (Å²) >= 11 is 0. The Morgan fingerprint density at radius 1 is 1.06 bits per heavy atom. The fraction of sp³-hybridized carbons (Fsp3) is 0.545. The molecule has 0 aliphatic carbocycles. The Hall–Kier alpha value is -2.59. The highest BCUT2D eigenvalue weighted by atomic mass is 32.2. The molecule has 32 heavy (non-hydrogen) atoms. The second kappa shape index (κ2) is 9.11. The van der Waals surface area contributed by atoms with E-state index in [0.29, 0.717) is 50.5 Å². The number of amides is 2. The SMILES string of the molecule is Cc1ccc(C(=O)NC2CCN(C(=O)c3cc(S(=O)(=O)N4CCCCC4)cn3C)CC2)o1. The lowest BCUT2D eigenvalue weighted by Gasteiger charge is -2.32. The highest BCUT2D eigenvalue weighted by molar-refractivity contribution is 7.89. The Labute approximate surface area is 188 Å². The van der Waals surface area contributed by atoms with Gasteiger partial charge in [0.2, 0.25) is 10.0 Å². The molecular formula is C22H30N4O5S. The number of hydrogen-bond donors (Lipinski definition) is 1. The molecule has 2 amide bonds. The molecule has 1 N–H and O–H groups in total. The largest absolute Gasteiger partial charge is 0.456 e. The van der Waals surface area contributed by atoms with Gasteiger partial charge in [-0.05, 0) is 50.8 Å². The Morgan fingerprint density at radius 2 is 1.75 bits per heavy atom.